The second-order valence-corrected chi connectivity index (χ2v) is 3.65. The van der Waals surface area contributed by atoms with Crippen LogP contribution in [0.1, 0.15) is 10.4 Å². The molecule has 0 heterocycles. The van der Waals surface area contributed by atoms with E-state index in [4.69, 9.17) is 14.6 Å². The van der Waals surface area contributed by atoms with Crippen LogP contribution in [0.15, 0.2) is 22.7 Å². The van der Waals surface area contributed by atoms with Gasteiger partial charge >= 0.3 is 5.97 Å². The molecule has 0 atom stereocenters. The van der Waals surface area contributed by atoms with Gasteiger partial charge in [0, 0.05) is 7.11 Å². The first kappa shape index (κ1) is 12.0. The summed E-state index contributed by atoms with van der Waals surface area (Å²) in [6.07, 6.45) is 0. The number of benzene rings is 1. The average molecular weight is 275 g/mol. The van der Waals surface area contributed by atoms with Crippen LogP contribution in [0.2, 0.25) is 0 Å². The number of carboxylic acid groups (broad SMARTS) is 1. The van der Waals surface area contributed by atoms with Crippen LogP contribution in [-0.4, -0.2) is 31.4 Å². The number of ether oxygens (including phenoxy) is 2. The van der Waals surface area contributed by atoms with Gasteiger partial charge in [0.05, 0.1) is 16.6 Å². The number of hydrogen-bond acceptors (Lipinski definition) is 3. The zero-order valence-electron chi connectivity index (χ0n) is 8.20. The summed E-state index contributed by atoms with van der Waals surface area (Å²) in [4.78, 5) is 10.7. The lowest BCUT2D eigenvalue weighted by Gasteiger charge is -2.08. The van der Waals surface area contributed by atoms with Gasteiger partial charge in [-0.05, 0) is 34.1 Å². The molecule has 1 aromatic rings. The number of methoxy groups -OCH3 is 1. The maximum absolute atomic E-state index is 10.7. The molecule has 5 heteroatoms. The van der Waals surface area contributed by atoms with Crippen LogP contribution < -0.4 is 4.74 Å². The molecule has 0 fully saturated rings. The predicted molar refractivity (Wildman–Crippen MR) is 58.5 cm³/mol. The lowest BCUT2D eigenvalue weighted by Crippen LogP contribution is -2.05. The van der Waals surface area contributed by atoms with Crippen molar-refractivity contribution in [1.82, 2.24) is 0 Å². The van der Waals surface area contributed by atoms with Crippen molar-refractivity contribution in [2.24, 2.45) is 0 Å². The Morgan fingerprint density at radius 1 is 1.47 bits per heavy atom. The Labute approximate surface area is 95.9 Å². The molecule has 0 aliphatic rings. The molecule has 4 nitrogen and oxygen atoms in total. The molecule has 0 bridgehead atoms. The van der Waals surface area contributed by atoms with Crippen LogP contribution >= 0.6 is 15.9 Å². The highest BCUT2D eigenvalue weighted by atomic mass is 79.9. The van der Waals surface area contributed by atoms with Crippen molar-refractivity contribution in [2.45, 2.75) is 0 Å². The van der Waals surface area contributed by atoms with Crippen LogP contribution in [0.25, 0.3) is 0 Å². The highest BCUT2D eigenvalue weighted by Gasteiger charge is 2.07. The quantitative estimate of drug-likeness (QED) is 0.837. The van der Waals surface area contributed by atoms with Gasteiger partial charge in [0.2, 0.25) is 0 Å². The van der Waals surface area contributed by atoms with Crippen molar-refractivity contribution in [1.29, 1.82) is 0 Å². The lowest BCUT2D eigenvalue weighted by atomic mass is 10.2. The van der Waals surface area contributed by atoms with Gasteiger partial charge in [0.1, 0.15) is 12.4 Å². The van der Waals surface area contributed by atoms with Crippen LogP contribution in [0, 0.1) is 0 Å². The third kappa shape index (κ3) is 3.53. The van der Waals surface area contributed by atoms with Crippen molar-refractivity contribution in [2.75, 3.05) is 20.3 Å². The number of hydrogen-bond donors (Lipinski definition) is 1. The first-order valence-corrected chi connectivity index (χ1v) is 5.09. The molecule has 0 amide bonds. The fourth-order valence-corrected chi connectivity index (χ4v) is 1.34. The number of carboxylic acids is 1. The summed E-state index contributed by atoms with van der Waals surface area (Å²) in [6, 6.07) is 4.63. The van der Waals surface area contributed by atoms with Gasteiger partial charge in [-0.2, -0.15) is 0 Å². The fourth-order valence-electron chi connectivity index (χ4n) is 0.982. The van der Waals surface area contributed by atoms with E-state index in [0.29, 0.717) is 19.0 Å². The summed E-state index contributed by atoms with van der Waals surface area (Å²) in [5.74, 6) is -0.467. The van der Waals surface area contributed by atoms with E-state index >= 15 is 0 Å². The molecule has 1 N–H and O–H groups in total. The van der Waals surface area contributed by atoms with E-state index in [2.05, 4.69) is 15.9 Å². The number of rotatable bonds is 5. The first-order chi connectivity index (χ1) is 7.15. The van der Waals surface area contributed by atoms with Crippen molar-refractivity contribution >= 4 is 21.9 Å². The molecule has 0 aromatic heterocycles. The second kappa shape index (κ2) is 5.72. The van der Waals surface area contributed by atoms with E-state index in [9.17, 15) is 4.79 Å². The standard InChI is InChI=1S/C10H11BrO4/c1-14-4-5-15-9-6-7(10(12)13)2-3-8(9)11/h2-3,6H,4-5H2,1H3,(H,12,13). The smallest absolute Gasteiger partial charge is 0.335 e. The Morgan fingerprint density at radius 3 is 2.80 bits per heavy atom. The van der Waals surface area contributed by atoms with E-state index in [1.807, 2.05) is 0 Å². The summed E-state index contributed by atoms with van der Waals surface area (Å²) in [6.45, 7) is 0.849. The Kier molecular flexibility index (Phi) is 4.58. The van der Waals surface area contributed by atoms with Gasteiger partial charge in [-0.25, -0.2) is 4.79 Å². The Morgan fingerprint density at radius 2 is 2.20 bits per heavy atom. The van der Waals surface area contributed by atoms with Gasteiger partial charge in [-0.1, -0.05) is 0 Å². The van der Waals surface area contributed by atoms with E-state index in [1.165, 1.54) is 12.1 Å². The lowest BCUT2D eigenvalue weighted by molar-refractivity contribution is 0.0696. The van der Waals surface area contributed by atoms with Crippen molar-refractivity contribution in [3.8, 4) is 5.75 Å². The van der Waals surface area contributed by atoms with E-state index < -0.39 is 5.97 Å². The molecular weight excluding hydrogens is 264 g/mol. The minimum absolute atomic E-state index is 0.200. The summed E-state index contributed by atoms with van der Waals surface area (Å²) in [5, 5.41) is 8.78. The molecular formula is C10H11BrO4. The number of aromatic carboxylic acids is 1. The summed E-state index contributed by atoms with van der Waals surface area (Å²) >= 11 is 3.27. The molecule has 0 unspecified atom stereocenters. The van der Waals surface area contributed by atoms with E-state index in [0.717, 1.165) is 4.47 Å². The summed E-state index contributed by atoms with van der Waals surface area (Å²) in [5.41, 5.74) is 0.200. The van der Waals surface area contributed by atoms with Crippen molar-refractivity contribution < 1.29 is 19.4 Å². The molecule has 1 aromatic carbocycles. The number of halogens is 1. The minimum atomic E-state index is -0.973. The third-order valence-corrected chi connectivity index (χ3v) is 2.38. The summed E-state index contributed by atoms with van der Waals surface area (Å²) < 4.78 is 10.9. The maximum atomic E-state index is 10.7. The van der Waals surface area contributed by atoms with Crippen LogP contribution in [0.3, 0.4) is 0 Å². The highest BCUT2D eigenvalue weighted by Crippen LogP contribution is 2.25. The second-order valence-electron chi connectivity index (χ2n) is 2.79. The monoisotopic (exact) mass is 274 g/mol. The molecule has 0 saturated carbocycles. The van der Waals surface area contributed by atoms with Crippen molar-refractivity contribution in [3.05, 3.63) is 28.2 Å². The van der Waals surface area contributed by atoms with Gasteiger partial charge in [-0.15, -0.1) is 0 Å². The third-order valence-electron chi connectivity index (χ3n) is 1.72. The Bertz CT molecular complexity index is 351. The molecule has 0 radical (unpaired) electrons. The largest absolute Gasteiger partial charge is 0.490 e. The van der Waals surface area contributed by atoms with Crippen LogP contribution in [0.4, 0.5) is 0 Å². The average Bonchev–Trinajstić information content (AvgIpc) is 2.20. The first-order valence-electron chi connectivity index (χ1n) is 4.29. The van der Waals surface area contributed by atoms with Crippen LogP contribution in [0.5, 0.6) is 5.75 Å². The van der Waals surface area contributed by atoms with Crippen molar-refractivity contribution in [3.63, 3.8) is 0 Å². The molecule has 82 valence electrons. The molecule has 0 aliphatic heterocycles. The molecule has 0 spiro atoms. The normalized spacial score (nSPS) is 10.0. The molecule has 0 saturated heterocycles. The minimum Gasteiger partial charge on any atom is -0.490 e. The predicted octanol–water partition coefficient (Wildman–Crippen LogP) is 2.17. The molecule has 15 heavy (non-hydrogen) atoms. The van der Waals surface area contributed by atoms with E-state index in [-0.39, 0.29) is 5.56 Å². The molecule has 0 aliphatic carbocycles. The molecule has 1 rings (SSSR count). The Balaban J connectivity index is 2.76. The van der Waals surface area contributed by atoms with Gasteiger partial charge in [-0.3, -0.25) is 0 Å². The number of carbonyl (C=O) groups is 1. The highest BCUT2D eigenvalue weighted by molar-refractivity contribution is 9.10. The summed E-state index contributed by atoms with van der Waals surface area (Å²) in [7, 11) is 1.58. The van der Waals surface area contributed by atoms with Gasteiger partial charge in [0.25, 0.3) is 0 Å². The van der Waals surface area contributed by atoms with E-state index in [1.54, 1.807) is 13.2 Å². The van der Waals surface area contributed by atoms with Gasteiger partial charge in [0.15, 0.2) is 0 Å². The SMILES string of the molecule is COCCOc1cc(C(=O)O)ccc1Br. The zero-order chi connectivity index (χ0) is 11.3. The Hall–Kier alpha value is -1.07. The van der Waals surface area contributed by atoms with Gasteiger partial charge < -0.3 is 14.6 Å². The van der Waals surface area contributed by atoms with Crippen LogP contribution in [-0.2, 0) is 4.74 Å². The topological polar surface area (TPSA) is 55.8 Å². The fraction of sp³-hybridized carbons (Fsp3) is 0.300. The maximum Gasteiger partial charge on any atom is 0.335 e. The zero-order valence-corrected chi connectivity index (χ0v) is 9.78.